The van der Waals surface area contributed by atoms with Crippen LogP contribution in [0.4, 0.5) is 0 Å². The first-order valence-corrected chi connectivity index (χ1v) is 5.44. The third kappa shape index (κ3) is 2.14. The molecule has 14 heavy (non-hydrogen) atoms. The smallest absolute Gasteiger partial charge is 0.135 e. The van der Waals surface area contributed by atoms with E-state index in [0.29, 0.717) is 18.0 Å². The second kappa shape index (κ2) is 4.11. The summed E-state index contributed by atoms with van der Waals surface area (Å²) in [4.78, 5) is 0. The first-order chi connectivity index (χ1) is 6.43. The van der Waals surface area contributed by atoms with Crippen LogP contribution in [0.15, 0.2) is 6.20 Å². The highest BCUT2D eigenvalue weighted by Gasteiger charge is 2.21. The second-order valence-corrected chi connectivity index (χ2v) is 4.71. The number of rotatable bonds is 3. The average molecular weight is 196 g/mol. The van der Waals surface area contributed by atoms with E-state index >= 15 is 0 Å². The maximum Gasteiger partial charge on any atom is 0.170 e. The van der Waals surface area contributed by atoms with Gasteiger partial charge in [-0.15, -0.1) is 9.36 Å². The lowest BCUT2D eigenvalue weighted by molar-refractivity contribution is -0.773. The summed E-state index contributed by atoms with van der Waals surface area (Å²) in [5, 5.41) is 4.56. The van der Waals surface area contributed by atoms with Gasteiger partial charge >= 0.3 is 0 Å². The zero-order chi connectivity index (χ0) is 10.9. The van der Waals surface area contributed by atoms with E-state index in [1.807, 2.05) is 4.68 Å². The highest BCUT2D eigenvalue weighted by atomic mass is 15.5. The Kier molecular flexibility index (Phi) is 3.29. The topological polar surface area (TPSA) is 21.7 Å². The maximum atomic E-state index is 4.56. The summed E-state index contributed by atoms with van der Waals surface area (Å²) in [6.45, 7) is 13.1. The fourth-order valence-electron chi connectivity index (χ4n) is 1.45. The van der Waals surface area contributed by atoms with Gasteiger partial charge in [0.15, 0.2) is 11.9 Å². The molecule has 1 heterocycles. The second-order valence-electron chi connectivity index (χ2n) is 4.71. The summed E-state index contributed by atoms with van der Waals surface area (Å²) in [6, 6.07) is 0.875. The normalized spacial score (nSPS) is 12.1. The lowest BCUT2D eigenvalue weighted by atomic mass is 10.1. The molecule has 0 unspecified atom stereocenters. The minimum Gasteiger partial charge on any atom is -0.135 e. The number of hydrogen-bond donors (Lipinski definition) is 0. The van der Waals surface area contributed by atoms with Gasteiger partial charge in [-0.1, -0.05) is 13.8 Å². The van der Waals surface area contributed by atoms with Crippen LogP contribution in [-0.2, 0) is 0 Å². The van der Waals surface area contributed by atoms with Gasteiger partial charge in [0.05, 0.1) is 5.21 Å². The van der Waals surface area contributed by atoms with Crippen LogP contribution in [0.3, 0.4) is 0 Å². The molecule has 1 aromatic heterocycles. The third-order valence-corrected chi connectivity index (χ3v) is 2.34. The first-order valence-electron chi connectivity index (χ1n) is 5.44. The van der Waals surface area contributed by atoms with Gasteiger partial charge in [-0.2, -0.15) is 0 Å². The van der Waals surface area contributed by atoms with Crippen LogP contribution in [0.2, 0.25) is 0 Å². The molecular weight excluding hydrogens is 174 g/mol. The van der Waals surface area contributed by atoms with Gasteiger partial charge < -0.3 is 0 Å². The zero-order valence-corrected chi connectivity index (χ0v) is 10.2. The molecule has 0 bridgehead atoms. The van der Waals surface area contributed by atoms with E-state index in [9.17, 15) is 0 Å². The van der Waals surface area contributed by atoms with Crippen LogP contribution in [0.25, 0.3) is 0 Å². The van der Waals surface area contributed by atoms with Crippen LogP contribution in [0, 0.1) is 0 Å². The van der Waals surface area contributed by atoms with Crippen LogP contribution in [0.5, 0.6) is 0 Å². The molecule has 3 heteroatoms. The predicted octanol–water partition coefficient (Wildman–Crippen LogP) is 2.46. The number of aromatic nitrogens is 3. The fraction of sp³-hybridized carbons (Fsp3) is 0.818. The molecular formula is C11H22N3+. The van der Waals surface area contributed by atoms with E-state index in [-0.39, 0.29) is 0 Å². The molecule has 80 valence electrons. The van der Waals surface area contributed by atoms with Gasteiger partial charge in [-0.05, 0) is 27.7 Å². The molecule has 0 radical (unpaired) electrons. The summed E-state index contributed by atoms with van der Waals surface area (Å²) in [6.07, 6.45) is 2.16. The van der Waals surface area contributed by atoms with Crippen molar-refractivity contribution in [3.63, 3.8) is 0 Å². The van der Waals surface area contributed by atoms with Gasteiger partial charge in [0.2, 0.25) is 0 Å². The van der Waals surface area contributed by atoms with Crippen LogP contribution >= 0.6 is 0 Å². The van der Waals surface area contributed by atoms with Crippen LogP contribution < -0.4 is 4.68 Å². The minimum absolute atomic E-state index is 0.437. The summed E-state index contributed by atoms with van der Waals surface area (Å²) in [5.41, 5.74) is 1.31. The Labute approximate surface area is 86.7 Å². The van der Waals surface area contributed by atoms with Crippen molar-refractivity contribution in [2.24, 2.45) is 0 Å². The summed E-state index contributed by atoms with van der Waals surface area (Å²) in [7, 11) is 0. The molecule has 0 atom stereocenters. The van der Waals surface area contributed by atoms with Crippen LogP contribution in [0.1, 0.15) is 65.2 Å². The van der Waals surface area contributed by atoms with Crippen molar-refractivity contribution >= 4 is 0 Å². The van der Waals surface area contributed by atoms with Crippen molar-refractivity contribution in [3.8, 4) is 0 Å². The van der Waals surface area contributed by atoms with Crippen molar-refractivity contribution in [2.75, 3.05) is 0 Å². The SMILES string of the molecule is CC(C)c1c[n+](C(C)C)nn1C(C)C. The van der Waals surface area contributed by atoms with E-state index in [1.54, 1.807) is 0 Å². The van der Waals surface area contributed by atoms with Gasteiger partial charge in [0, 0.05) is 5.92 Å². The van der Waals surface area contributed by atoms with Gasteiger partial charge in [0.25, 0.3) is 0 Å². The lowest BCUT2D eigenvalue weighted by Crippen LogP contribution is -2.38. The van der Waals surface area contributed by atoms with Gasteiger partial charge in [-0.3, -0.25) is 0 Å². The Bertz CT molecular complexity index is 272. The molecule has 0 saturated carbocycles. The molecule has 0 saturated heterocycles. The van der Waals surface area contributed by atoms with E-state index in [4.69, 9.17) is 0 Å². The summed E-state index contributed by atoms with van der Waals surface area (Å²) in [5.74, 6) is 0.532. The monoisotopic (exact) mass is 196 g/mol. The Hall–Kier alpha value is -0.860. The molecule has 1 rings (SSSR count). The van der Waals surface area contributed by atoms with E-state index < -0.39 is 0 Å². The third-order valence-electron chi connectivity index (χ3n) is 2.34. The number of nitrogens with zero attached hydrogens (tertiary/aromatic N) is 3. The van der Waals surface area contributed by atoms with Gasteiger partial charge in [-0.25, -0.2) is 0 Å². The highest BCUT2D eigenvalue weighted by molar-refractivity contribution is 4.98. The molecule has 0 aromatic carbocycles. The summed E-state index contributed by atoms with van der Waals surface area (Å²) < 4.78 is 4.15. The first kappa shape index (κ1) is 11.2. The molecule has 0 aliphatic carbocycles. The predicted molar refractivity (Wildman–Crippen MR) is 57.3 cm³/mol. The zero-order valence-electron chi connectivity index (χ0n) is 10.2. The molecule has 0 aliphatic heterocycles. The van der Waals surface area contributed by atoms with Crippen molar-refractivity contribution in [1.29, 1.82) is 0 Å². The van der Waals surface area contributed by atoms with Crippen molar-refractivity contribution in [2.45, 2.75) is 59.5 Å². The van der Waals surface area contributed by atoms with E-state index in [1.165, 1.54) is 5.69 Å². The molecule has 0 N–H and O–H groups in total. The molecule has 0 amide bonds. The number of hydrogen-bond acceptors (Lipinski definition) is 1. The quantitative estimate of drug-likeness (QED) is 0.681. The van der Waals surface area contributed by atoms with Crippen molar-refractivity contribution in [1.82, 2.24) is 9.90 Å². The Balaban J connectivity index is 3.12. The van der Waals surface area contributed by atoms with Crippen molar-refractivity contribution < 1.29 is 4.68 Å². The Morgan fingerprint density at radius 2 is 1.71 bits per heavy atom. The lowest BCUT2D eigenvalue weighted by Gasteiger charge is -2.03. The maximum absolute atomic E-state index is 4.56. The molecule has 0 fully saturated rings. The van der Waals surface area contributed by atoms with Crippen LogP contribution in [-0.4, -0.2) is 9.90 Å². The largest absolute Gasteiger partial charge is 0.170 e. The standard InChI is InChI=1S/C11H22N3/c1-8(2)11-7-13(9(3)4)12-14(11)10(5)6/h7-10H,1-6H3/q+1. The van der Waals surface area contributed by atoms with E-state index in [0.717, 1.165) is 0 Å². The minimum atomic E-state index is 0.437. The Morgan fingerprint density at radius 3 is 2.00 bits per heavy atom. The molecule has 0 aliphatic rings. The Morgan fingerprint density at radius 1 is 1.14 bits per heavy atom. The van der Waals surface area contributed by atoms with Gasteiger partial charge in [0.1, 0.15) is 12.1 Å². The molecule has 1 aromatic rings. The fourth-order valence-corrected chi connectivity index (χ4v) is 1.45. The molecule has 3 nitrogen and oxygen atoms in total. The molecule has 0 spiro atoms. The van der Waals surface area contributed by atoms with Crippen molar-refractivity contribution in [3.05, 3.63) is 11.9 Å². The highest BCUT2D eigenvalue weighted by Crippen LogP contribution is 2.15. The summed E-state index contributed by atoms with van der Waals surface area (Å²) >= 11 is 0. The van der Waals surface area contributed by atoms with E-state index in [2.05, 4.69) is 57.6 Å². The average Bonchev–Trinajstić information content (AvgIpc) is 2.47.